The number of anilines is 1. The van der Waals surface area contributed by atoms with Crippen molar-refractivity contribution in [1.82, 2.24) is 0 Å². The van der Waals surface area contributed by atoms with Crippen LogP contribution in [0.5, 0.6) is 0 Å². The van der Waals surface area contributed by atoms with Gasteiger partial charge >= 0.3 is 5.97 Å². The van der Waals surface area contributed by atoms with Gasteiger partial charge in [-0.3, -0.25) is 24.5 Å². The number of hydrogen-bond acceptors (Lipinski definition) is 5. The number of non-ortho nitro benzene ring substituents is 1. The van der Waals surface area contributed by atoms with E-state index >= 15 is 0 Å². The van der Waals surface area contributed by atoms with E-state index in [-0.39, 0.29) is 52.3 Å². The number of allylic oxidation sites excluding steroid dienone is 2. The summed E-state index contributed by atoms with van der Waals surface area (Å²) < 4.78 is 0. The van der Waals surface area contributed by atoms with Gasteiger partial charge in [0, 0.05) is 17.5 Å². The highest BCUT2D eigenvalue weighted by molar-refractivity contribution is 6.23. The Hall–Kier alpha value is -3.03. The molecule has 4 fully saturated rings. The van der Waals surface area contributed by atoms with Gasteiger partial charge in [-0.2, -0.15) is 0 Å². The average molecular weight is 521 g/mol. The van der Waals surface area contributed by atoms with Crippen LogP contribution in [0.3, 0.4) is 0 Å². The van der Waals surface area contributed by atoms with Crippen LogP contribution in [-0.2, 0) is 14.4 Å². The van der Waals surface area contributed by atoms with Crippen LogP contribution < -0.4 is 4.90 Å². The molecule has 0 unspecified atom stereocenters. The molecule has 202 valence electrons. The summed E-state index contributed by atoms with van der Waals surface area (Å²) in [6, 6.07) is 5.80. The molecule has 8 heteroatoms. The van der Waals surface area contributed by atoms with Crippen molar-refractivity contribution in [2.24, 2.45) is 51.8 Å². The number of nitro groups is 1. The summed E-state index contributed by atoms with van der Waals surface area (Å²) >= 11 is 0. The number of nitro benzene ring substituents is 1. The van der Waals surface area contributed by atoms with Gasteiger partial charge < -0.3 is 5.11 Å². The second-order valence-electron chi connectivity index (χ2n) is 13.3. The molecule has 1 heterocycles. The van der Waals surface area contributed by atoms with Crippen molar-refractivity contribution in [3.05, 3.63) is 46.0 Å². The van der Waals surface area contributed by atoms with E-state index in [1.165, 1.54) is 28.7 Å². The topological polar surface area (TPSA) is 118 Å². The Morgan fingerprint density at radius 3 is 2.53 bits per heavy atom. The monoisotopic (exact) mass is 520 g/mol. The largest absolute Gasteiger partial charge is 0.481 e. The maximum Gasteiger partial charge on any atom is 0.309 e. The smallest absolute Gasteiger partial charge is 0.309 e. The summed E-state index contributed by atoms with van der Waals surface area (Å²) in [6.45, 7) is 8.44. The number of hydrogen-bond donors (Lipinski definition) is 1. The van der Waals surface area contributed by atoms with Crippen LogP contribution in [0, 0.1) is 61.9 Å². The Kier molecular flexibility index (Phi) is 5.31. The van der Waals surface area contributed by atoms with Gasteiger partial charge in [0.15, 0.2) is 0 Å². The van der Waals surface area contributed by atoms with Gasteiger partial charge in [-0.25, -0.2) is 4.90 Å². The molecule has 2 bridgehead atoms. The Morgan fingerprint density at radius 1 is 1.13 bits per heavy atom. The van der Waals surface area contributed by atoms with Crippen molar-refractivity contribution in [1.29, 1.82) is 0 Å². The van der Waals surface area contributed by atoms with Crippen molar-refractivity contribution in [2.45, 2.75) is 66.2 Å². The fourth-order valence-corrected chi connectivity index (χ4v) is 9.96. The predicted molar refractivity (Wildman–Crippen MR) is 140 cm³/mol. The van der Waals surface area contributed by atoms with Gasteiger partial charge in [-0.05, 0) is 74.2 Å². The summed E-state index contributed by atoms with van der Waals surface area (Å²) in [5.74, 6) is -1.95. The minimum atomic E-state index is -0.792. The molecule has 1 saturated heterocycles. The number of carboxylic acids is 1. The van der Waals surface area contributed by atoms with E-state index in [9.17, 15) is 29.6 Å². The van der Waals surface area contributed by atoms with Crippen molar-refractivity contribution < 1.29 is 24.4 Å². The summed E-state index contributed by atoms with van der Waals surface area (Å²) in [5.41, 5.74) is -0.195. The van der Waals surface area contributed by atoms with Crippen molar-refractivity contribution in [2.75, 3.05) is 4.90 Å². The number of fused-ring (bicyclic) bond motifs is 1. The molecule has 5 aliphatic carbocycles. The molecule has 7 rings (SSSR count). The first-order valence-electron chi connectivity index (χ1n) is 13.9. The molecule has 8 atom stereocenters. The van der Waals surface area contributed by atoms with Gasteiger partial charge in [0.25, 0.3) is 5.69 Å². The first kappa shape index (κ1) is 25.3. The third kappa shape index (κ3) is 3.00. The Morgan fingerprint density at radius 2 is 1.87 bits per heavy atom. The lowest BCUT2D eigenvalue weighted by atomic mass is 9.34. The second kappa shape index (κ2) is 7.99. The maximum absolute atomic E-state index is 14.3. The van der Waals surface area contributed by atoms with E-state index in [0.29, 0.717) is 19.3 Å². The lowest BCUT2D eigenvalue weighted by Gasteiger charge is -2.68. The second-order valence-corrected chi connectivity index (χ2v) is 13.3. The van der Waals surface area contributed by atoms with Gasteiger partial charge in [0.05, 0.1) is 27.9 Å². The molecule has 8 nitrogen and oxygen atoms in total. The molecule has 1 N–H and O–H groups in total. The minimum Gasteiger partial charge on any atom is -0.481 e. The minimum absolute atomic E-state index is 0.0191. The number of carboxylic acid groups (broad SMARTS) is 1. The molecule has 38 heavy (non-hydrogen) atoms. The third-order valence-corrected chi connectivity index (χ3v) is 11.5. The number of carbonyl (C=O) groups is 3. The standard InChI is InChI=1S/C30H36N2O6/c1-16(2)20-15-30-12-9-21-28(3,10-6-11-29(21,4)27(35)36)22(30)14-19(20)23-24(30)26(34)31(25(23)33)17-7-5-8-18(13-17)32(37)38/h5,7-8,13,15-16,19,21-24H,6,9-12,14H2,1-4H3,(H,35,36)/t19-,21-,22-,23-,24+,28+,29-,30+/m0/s1. The summed E-state index contributed by atoms with van der Waals surface area (Å²) in [6.07, 6.45) is 6.97. The zero-order chi connectivity index (χ0) is 27.4. The van der Waals surface area contributed by atoms with E-state index in [1.807, 2.05) is 6.92 Å². The van der Waals surface area contributed by atoms with Crippen LogP contribution in [0.15, 0.2) is 35.9 Å². The summed E-state index contributed by atoms with van der Waals surface area (Å²) in [4.78, 5) is 53.0. The first-order chi connectivity index (χ1) is 17.9. The molecule has 1 aromatic carbocycles. The average Bonchev–Trinajstić information content (AvgIpc) is 3.15. The number of aliphatic carboxylic acids is 1. The molecular weight excluding hydrogens is 484 g/mol. The van der Waals surface area contributed by atoms with Gasteiger partial charge in [-0.1, -0.05) is 44.9 Å². The normalized spacial score (nSPS) is 41.4. The number of carbonyl (C=O) groups excluding carboxylic acids is 2. The number of nitrogens with zero attached hydrogens (tertiary/aromatic N) is 2. The van der Waals surface area contributed by atoms with Crippen molar-refractivity contribution in [3.8, 4) is 0 Å². The lowest BCUT2D eigenvalue weighted by molar-refractivity contribution is -0.384. The van der Waals surface area contributed by atoms with Crippen LogP contribution in [0.2, 0.25) is 0 Å². The van der Waals surface area contributed by atoms with Gasteiger partial charge in [0.2, 0.25) is 11.8 Å². The van der Waals surface area contributed by atoms with E-state index in [1.54, 1.807) is 6.07 Å². The molecule has 2 amide bonds. The molecular formula is C30H36N2O6. The fourth-order valence-electron chi connectivity index (χ4n) is 9.96. The summed E-state index contributed by atoms with van der Waals surface area (Å²) in [7, 11) is 0. The van der Waals surface area contributed by atoms with Crippen LogP contribution >= 0.6 is 0 Å². The van der Waals surface area contributed by atoms with Crippen LogP contribution in [0.25, 0.3) is 0 Å². The molecule has 1 aliphatic heterocycles. The maximum atomic E-state index is 14.3. The molecule has 1 spiro atoms. The SMILES string of the molecule is CC(C)C1=C[C@]23CC[C@H]4[C@@](C)(CCC[C@]4(C)C(=O)O)[C@@H]2C[C@@H]1[C@@H]1C(=O)N(c2cccc([N+](=O)[O-])c2)C(=O)[C@@H]13. The fraction of sp³-hybridized carbons (Fsp3) is 0.633. The molecule has 6 aliphatic rings. The quantitative estimate of drug-likeness (QED) is 0.239. The molecule has 0 radical (unpaired) electrons. The molecule has 0 aromatic heterocycles. The van der Waals surface area contributed by atoms with Crippen molar-refractivity contribution >= 4 is 29.2 Å². The van der Waals surface area contributed by atoms with Crippen LogP contribution in [0.4, 0.5) is 11.4 Å². The molecule has 1 aromatic rings. The number of benzene rings is 1. The van der Waals surface area contributed by atoms with Gasteiger partial charge in [0.1, 0.15) is 0 Å². The van der Waals surface area contributed by atoms with E-state index < -0.39 is 33.6 Å². The van der Waals surface area contributed by atoms with Gasteiger partial charge in [-0.15, -0.1) is 0 Å². The van der Waals surface area contributed by atoms with Crippen LogP contribution in [0.1, 0.15) is 66.2 Å². The van der Waals surface area contributed by atoms with E-state index in [4.69, 9.17) is 0 Å². The summed E-state index contributed by atoms with van der Waals surface area (Å²) in [5, 5.41) is 21.7. The highest BCUT2D eigenvalue weighted by atomic mass is 16.6. The number of rotatable bonds is 4. The number of imide groups is 1. The zero-order valence-corrected chi connectivity index (χ0v) is 22.5. The molecule has 3 saturated carbocycles. The first-order valence-corrected chi connectivity index (χ1v) is 13.9. The predicted octanol–water partition coefficient (Wildman–Crippen LogP) is 5.61. The third-order valence-electron chi connectivity index (χ3n) is 11.5. The number of amides is 2. The van der Waals surface area contributed by atoms with E-state index in [0.717, 1.165) is 19.3 Å². The Labute approximate surface area is 222 Å². The van der Waals surface area contributed by atoms with E-state index in [2.05, 4.69) is 26.8 Å². The lowest BCUT2D eigenvalue weighted by Crippen LogP contribution is -2.65. The Balaban J connectivity index is 1.48. The van der Waals surface area contributed by atoms with Crippen molar-refractivity contribution in [3.63, 3.8) is 0 Å². The Bertz CT molecular complexity index is 1300. The highest BCUT2D eigenvalue weighted by Gasteiger charge is 2.73. The van der Waals surface area contributed by atoms with Crippen LogP contribution in [-0.4, -0.2) is 27.8 Å². The zero-order valence-electron chi connectivity index (χ0n) is 22.5. The highest BCUT2D eigenvalue weighted by Crippen LogP contribution is 2.74.